The number of methoxy groups -OCH3 is 1. The molecule has 6 nitrogen and oxygen atoms in total. The van der Waals surface area contributed by atoms with Crippen molar-refractivity contribution < 1.29 is 14.3 Å². The molecule has 2 heterocycles. The number of hydrogen-bond donors (Lipinski definition) is 1. The number of hydrogen-bond acceptors (Lipinski definition) is 5. The molecule has 1 aliphatic heterocycles. The third-order valence-corrected chi connectivity index (χ3v) is 7.33. The predicted molar refractivity (Wildman–Crippen MR) is 151 cm³/mol. The average Bonchev–Trinajstić information content (AvgIpc) is 3.71. The molecule has 0 unspecified atom stereocenters. The Morgan fingerprint density at radius 1 is 1.00 bits per heavy atom. The number of ether oxygens (including phenoxy) is 2. The van der Waals surface area contributed by atoms with Crippen LogP contribution < -0.4 is 14.8 Å². The summed E-state index contributed by atoms with van der Waals surface area (Å²) in [7, 11) is 3.75. The maximum atomic E-state index is 13.3. The zero-order valence-electron chi connectivity index (χ0n) is 22.4. The van der Waals surface area contributed by atoms with Crippen molar-refractivity contribution >= 4 is 16.8 Å². The van der Waals surface area contributed by atoms with Gasteiger partial charge in [0.15, 0.2) is 0 Å². The second kappa shape index (κ2) is 11.2. The number of rotatable bonds is 7. The molecule has 0 atom stereocenters. The summed E-state index contributed by atoms with van der Waals surface area (Å²) in [6.45, 7) is 5.05. The van der Waals surface area contributed by atoms with E-state index in [0.29, 0.717) is 17.9 Å². The van der Waals surface area contributed by atoms with Crippen LogP contribution in [0.5, 0.6) is 11.5 Å². The number of nitrogens with zero attached hydrogens (tertiary/aromatic N) is 2. The first-order valence-electron chi connectivity index (χ1n) is 13.2. The smallest absolute Gasteiger partial charge is 0.252 e. The van der Waals surface area contributed by atoms with E-state index < -0.39 is 5.54 Å². The lowest BCUT2D eigenvalue weighted by Crippen LogP contribution is -2.35. The van der Waals surface area contributed by atoms with Crippen LogP contribution in [0.2, 0.25) is 0 Å². The highest BCUT2D eigenvalue weighted by Crippen LogP contribution is 2.49. The maximum absolute atomic E-state index is 13.3. The van der Waals surface area contributed by atoms with Crippen molar-refractivity contribution in [3.63, 3.8) is 0 Å². The van der Waals surface area contributed by atoms with E-state index in [1.54, 1.807) is 19.4 Å². The number of amides is 1. The number of carbonyl (C=O) groups is 1. The van der Waals surface area contributed by atoms with Crippen LogP contribution >= 0.6 is 0 Å². The van der Waals surface area contributed by atoms with Crippen molar-refractivity contribution in [2.45, 2.75) is 38.3 Å². The van der Waals surface area contributed by atoms with Gasteiger partial charge >= 0.3 is 0 Å². The third-order valence-electron chi connectivity index (χ3n) is 7.33. The zero-order valence-corrected chi connectivity index (χ0v) is 22.4. The number of fused-ring (bicyclic) bond motifs is 1. The lowest BCUT2D eigenvalue weighted by molar-refractivity contribution is 0.0930. The molecule has 1 aliphatic carbocycles. The fourth-order valence-corrected chi connectivity index (χ4v) is 4.70. The van der Waals surface area contributed by atoms with Gasteiger partial charge in [0.25, 0.3) is 5.91 Å². The van der Waals surface area contributed by atoms with Gasteiger partial charge in [0.2, 0.25) is 0 Å². The monoisotopic (exact) mass is 509 g/mol. The fourth-order valence-electron chi connectivity index (χ4n) is 4.70. The van der Waals surface area contributed by atoms with Gasteiger partial charge in [-0.05, 0) is 87.3 Å². The molecule has 2 fully saturated rings. The summed E-state index contributed by atoms with van der Waals surface area (Å²) in [6.07, 6.45) is 4.93. The third kappa shape index (κ3) is 5.81. The molecule has 0 radical (unpaired) electrons. The number of likely N-dealkylation sites (tertiary alicyclic amines) is 1. The van der Waals surface area contributed by atoms with Crippen molar-refractivity contribution in [3.05, 3.63) is 101 Å². The molecule has 1 amide bonds. The van der Waals surface area contributed by atoms with Crippen LogP contribution in [0.1, 0.15) is 46.3 Å². The highest BCUT2D eigenvalue weighted by molar-refractivity contribution is 5.97. The number of carbonyl (C=O) groups excluding carboxylic acids is 1. The van der Waals surface area contributed by atoms with E-state index in [1.165, 1.54) is 19.5 Å². The van der Waals surface area contributed by atoms with Gasteiger partial charge in [-0.3, -0.25) is 9.78 Å². The summed E-state index contributed by atoms with van der Waals surface area (Å²) < 4.78 is 11.5. The van der Waals surface area contributed by atoms with Gasteiger partial charge in [-0.1, -0.05) is 42.5 Å². The first kappa shape index (κ1) is 25.7. The lowest BCUT2D eigenvalue weighted by atomic mass is 9.97. The summed E-state index contributed by atoms with van der Waals surface area (Å²) >= 11 is 0. The maximum Gasteiger partial charge on any atom is 0.252 e. The SMILES string of the molecule is CN1CCC1.COc1ccc(C)c(C(=O)NC2(c3cc(OCc4ccccc4)cc4ncccc34)CC2)c1. The lowest BCUT2D eigenvalue weighted by Gasteiger charge is -2.24. The van der Waals surface area contributed by atoms with E-state index in [-0.39, 0.29) is 5.91 Å². The molecule has 3 aromatic carbocycles. The standard InChI is InChI=1S/C28H26N2O3.C4H9N/c1-19-10-11-21(32-2)15-24(19)27(31)30-28(12-13-28)25-16-22(17-26-23(25)9-6-14-29-26)33-18-20-7-4-3-5-8-20;1-5-3-2-4-5/h3-11,14-17H,12-13,18H2,1-2H3,(H,30,31);2-4H2,1H3. The Bertz CT molecular complexity index is 1410. The fraction of sp³-hybridized carbons (Fsp3) is 0.312. The molecule has 1 saturated carbocycles. The quantitative estimate of drug-likeness (QED) is 0.338. The highest BCUT2D eigenvalue weighted by Gasteiger charge is 2.47. The Kier molecular flexibility index (Phi) is 7.61. The van der Waals surface area contributed by atoms with Crippen molar-refractivity contribution in [1.29, 1.82) is 0 Å². The minimum absolute atomic E-state index is 0.100. The van der Waals surface area contributed by atoms with Gasteiger partial charge in [0.05, 0.1) is 18.2 Å². The predicted octanol–water partition coefficient (Wildman–Crippen LogP) is 5.87. The summed E-state index contributed by atoms with van der Waals surface area (Å²) in [6, 6.07) is 23.6. The first-order valence-corrected chi connectivity index (χ1v) is 13.2. The van der Waals surface area contributed by atoms with Crippen LogP contribution in [0.3, 0.4) is 0 Å². The van der Waals surface area contributed by atoms with Crippen LogP contribution in [-0.2, 0) is 12.1 Å². The molecule has 4 aromatic rings. The van der Waals surface area contributed by atoms with Crippen LogP contribution in [-0.4, -0.2) is 43.0 Å². The van der Waals surface area contributed by atoms with Crippen LogP contribution in [0, 0.1) is 6.92 Å². The minimum atomic E-state index is -0.431. The summed E-state index contributed by atoms with van der Waals surface area (Å²) in [4.78, 5) is 20.2. The van der Waals surface area contributed by atoms with Gasteiger partial charge in [0.1, 0.15) is 18.1 Å². The number of pyridine rings is 1. The van der Waals surface area contributed by atoms with Crippen LogP contribution in [0.15, 0.2) is 79.0 Å². The number of nitrogens with one attached hydrogen (secondary N) is 1. The Balaban J connectivity index is 0.000000529. The zero-order chi connectivity index (χ0) is 26.5. The first-order chi connectivity index (χ1) is 18.5. The highest BCUT2D eigenvalue weighted by atomic mass is 16.5. The van der Waals surface area contributed by atoms with Crippen molar-refractivity contribution in [2.24, 2.45) is 0 Å². The van der Waals surface area contributed by atoms with E-state index >= 15 is 0 Å². The summed E-state index contributed by atoms with van der Waals surface area (Å²) in [5.41, 5.74) is 4.11. The Labute approximate surface area is 224 Å². The van der Waals surface area contributed by atoms with E-state index in [2.05, 4.69) is 34.4 Å². The Morgan fingerprint density at radius 2 is 1.76 bits per heavy atom. The largest absolute Gasteiger partial charge is 0.497 e. The van der Waals surface area contributed by atoms with Crippen LogP contribution in [0.4, 0.5) is 0 Å². The molecule has 1 N–H and O–H groups in total. The Hall–Kier alpha value is -3.90. The molecule has 1 saturated heterocycles. The van der Waals surface area contributed by atoms with Crippen molar-refractivity contribution in [1.82, 2.24) is 15.2 Å². The van der Waals surface area contributed by atoms with E-state index in [1.807, 2.05) is 61.5 Å². The molecular weight excluding hydrogens is 474 g/mol. The summed E-state index contributed by atoms with van der Waals surface area (Å²) in [5, 5.41) is 4.34. The van der Waals surface area contributed by atoms with Gasteiger partial charge in [-0.2, -0.15) is 0 Å². The second-order valence-corrected chi connectivity index (χ2v) is 10.2. The molecule has 0 spiro atoms. The molecule has 196 valence electrons. The van der Waals surface area contributed by atoms with Gasteiger partial charge in [-0.25, -0.2) is 0 Å². The Morgan fingerprint density at radius 3 is 2.42 bits per heavy atom. The van der Waals surface area contributed by atoms with E-state index in [9.17, 15) is 4.79 Å². The summed E-state index contributed by atoms with van der Waals surface area (Å²) in [5.74, 6) is 1.32. The molecule has 38 heavy (non-hydrogen) atoms. The van der Waals surface area contributed by atoms with Crippen LogP contribution in [0.25, 0.3) is 10.9 Å². The average molecular weight is 510 g/mol. The molecule has 6 heteroatoms. The number of benzene rings is 3. The molecule has 2 aliphatic rings. The number of aromatic nitrogens is 1. The van der Waals surface area contributed by atoms with Crippen molar-refractivity contribution in [3.8, 4) is 11.5 Å². The van der Waals surface area contributed by atoms with Gasteiger partial charge < -0.3 is 19.7 Å². The normalized spacial score (nSPS) is 15.6. The second-order valence-electron chi connectivity index (χ2n) is 10.2. The van der Waals surface area contributed by atoms with E-state index in [4.69, 9.17) is 9.47 Å². The van der Waals surface area contributed by atoms with Gasteiger partial charge in [-0.15, -0.1) is 0 Å². The number of aryl methyl sites for hydroxylation is 1. The minimum Gasteiger partial charge on any atom is -0.497 e. The van der Waals surface area contributed by atoms with Gasteiger partial charge in [0, 0.05) is 23.2 Å². The van der Waals surface area contributed by atoms with E-state index in [0.717, 1.165) is 46.2 Å². The molecule has 6 rings (SSSR count). The molecule has 0 bridgehead atoms. The molecule has 1 aromatic heterocycles. The molecular formula is C32H35N3O3. The van der Waals surface area contributed by atoms with Crippen molar-refractivity contribution in [2.75, 3.05) is 27.2 Å². The topological polar surface area (TPSA) is 63.7 Å².